The van der Waals surface area contributed by atoms with Gasteiger partial charge in [-0.05, 0) is 37.0 Å². The van der Waals surface area contributed by atoms with Crippen LogP contribution >= 0.6 is 15.9 Å². The monoisotopic (exact) mass is 356 g/mol. The average molecular weight is 357 g/mol. The van der Waals surface area contributed by atoms with Crippen LogP contribution in [0.2, 0.25) is 0 Å². The van der Waals surface area contributed by atoms with Crippen molar-refractivity contribution in [3.05, 3.63) is 29.8 Å². The van der Waals surface area contributed by atoms with Crippen LogP contribution in [-0.4, -0.2) is 25.7 Å². The lowest BCUT2D eigenvalue weighted by atomic mass is 10.1. The predicted molar refractivity (Wildman–Crippen MR) is 93.6 cm³/mol. The molecular weight excluding hydrogens is 328 g/mol. The second-order valence-corrected chi connectivity index (χ2v) is 6.19. The lowest BCUT2D eigenvalue weighted by molar-refractivity contribution is 0.202. The zero-order valence-electron chi connectivity index (χ0n) is 13.3. The molecule has 0 aromatic heterocycles. The van der Waals surface area contributed by atoms with Gasteiger partial charge in [0.15, 0.2) is 0 Å². The molecule has 0 aliphatic carbocycles. The predicted octanol–water partition coefficient (Wildman–Crippen LogP) is 5.38. The number of benzene rings is 1. The molecule has 0 N–H and O–H groups in total. The molecule has 1 aromatic carbocycles. The molecule has 0 radical (unpaired) electrons. The van der Waals surface area contributed by atoms with Gasteiger partial charge in [0.05, 0.1) is 13.2 Å². The molecular formula is C18H29BrO2. The van der Waals surface area contributed by atoms with Gasteiger partial charge in [-0.3, -0.25) is 0 Å². The molecule has 1 rings (SSSR count). The first-order valence-electron chi connectivity index (χ1n) is 8.13. The smallest absolute Gasteiger partial charge is 0.119 e. The first kappa shape index (κ1) is 18.5. The Labute approximate surface area is 138 Å². The third-order valence-electron chi connectivity index (χ3n) is 3.56. The second kappa shape index (κ2) is 13.1. The van der Waals surface area contributed by atoms with Crippen molar-refractivity contribution in [1.29, 1.82) is 0 Å². The zero-order valence-corrected chi connectivity index (χ0v) is 14.9. The Kier molecular flexibility index (Phi) is 11.6. The van der Waals surface area contributed by atoms with Gasteiger partial charge in [0.2, 0.25) is 0 Å². The molecule has 0 heterocycles. The molecule has 0 aliphatic heterocycles. The number of alkyl halides is 1. The molecule has 0 amide bonds. The fourth-order valence-corrected chi connectivity index (χ4v) is 2.64. The molecule has 0 saturated heterocycles. The molecule has 21 heavy (non-hydrogen) atoms. The van der Waals surface area contributed by atoms with E-state index in [1.165, 1.54) is 44.1 Å². The SMILES string of the molecule is COCCc1ccc(OCCCCCCCCCBr)cc1. The minimum absolute atomic E-state index is 0.774. The zero-order chi connectivity index (χ0) is 15.2. The van der Waals surface area contributed by atoms with Gasteiger partial charge in [0.25, 0.3) is 0 Å². The van der Waals surface area contributed by atoms with E-state index in [2.05, 4.69) is 40.2 Å². The number of hydrogen-bond donors (Lipinski definition) is 0. The van der Waals surface area contributed by atoms with Crippen molar-refractivity contribution in [3.8, 4) is 5.75 Å². The van der Waals surface area contributed by atoms with Gasteiger partial charge in [0, 0.05) is 12.4 Å². The number of halogens is 1. The van der Waals surface area contributed by atoms with Gasteiger partial charge in [-0.2, -0.15) is 0 Å². The van der Waals surface area contributed by atoms with Gasteiger partial charge >= 0.3 is 0 Å². The number of ether oxygens (including phenoxy) is 2. The second-order valence-electron chi connectivity index (χ2n) is 5.40. The number of methoxy groups -OCH3 is 1. The van der Waals surface area contributed by atoms with Crippen molar-refractivity contribution in [2.75, 3.05) is 25.7 Å². The van der Waals surface area contributed by atoms with E-state index in [1.54, 1.807) is 7.11 Å². The summed E-state index contributed by atoms with van der Waals surface area (Å²) in [5.74, 6) is 0.980. The van der Waals surface area contributed by atoms with Crippen LogP contribution in [0.5, 0.6) is 5.75 Å². The number of unbranched alkanes of at least 4 members (excludes halogenated alkanes) is 6. The molecule has 0 spiro atoms. The van der Waals surface area contributed by atoms with Crippen LogP contribution in [0.15, 0.2) is 24.3 Å². The Bertz CT molecular complexity index is 338. The highest BCUT2D eigenvalue weighted by Crippen LogP contribution is 2.14. The van der Waals surface area contributed by atoms with Gasteiger partial charge in [-0.1, -0.05) is 60.2 Å². The van der Waals surface area contributed by atoms with Crippen LogP contribution in [0.4, 0.5) is 0 Å². The maximum Gasteiger partial charge on any atom is 0.119 e. The van der Waals surface area contributed by atoms with Crippen LogP contribution < -0.4 is 4.74 Å². The first-order chi connectivity index (χ1) is 10.4. The summed E-state index contributed by atoms with van der Waals surface area (Å²) in [6.07, 6.45) is 10.1. The van der Waals surface area contributed by atoms with Crippen molar-refractivity contribution < 1.29 is 9.47 Å². The minimum atomic E-state index is 0.774. The van der Waals surface area contributed by atoms with Crippen LogP contribution in [0.1, 0.15) is 50.5 Å². The Morgan fingerprint density at radius 3 is 2.05 bits per heavy atom. The highest BCUT2D eigenvalue weighted by molar-refractivity contribution is 9.09. The fraction of sp³-hybridized carbons (Fsp3) is 0.667. The Morgan fingerprint density at radius 1 is 0.810 bits per heavy atom. The third-order valence-corrected chi connectivity index (χ3v) is 4.13. The summed E-state index contributed by atoms with van der Waals surface area (Å²) in [6.45, 7) is 1.61. The van der Waals surface area contributed by atoms with Crippen LogP contribution in [0.25, 0.3) is 0 Å². The van der Waals surface area contributed by atoms with Crippen molar-refractivity contribution in [2.45, 2.75) is 51.4 Å². The summed E-state index contributed by atoms with van der Waals surface area (Å²) >= 11 is 3.47. The Balaban J connectivity index is 1.99. The van der Waals surface area contributed by atoms with E-state index in [-0.39, 0.29) is 0 Å². The van der Waals surface area contributed by atoms with Crippen molar-refractivity contribution in [3.63, 3.8) is 0 Å². The van der Waals surface area contributed by atoms with E-state index < -0.39 is 0 Å². The maximum atomic E-state index is 5.77. The molecule has 0 bridgehead atoms. The molecule has 0 aliphatic rings. The molecule has 1 aromatic rings. The van der Waals surface area contributed by atoms with E-state index in [4.69, 9.17) is 9.47 Å². The summed E-state index contributed by atoms with van der Waals surface area (Å²) in [7, 11) is 1.74. The highest BCUT2D eigenvalue weighted by Gasteiger charge is 1.97. The summed E-state index contributed by atoms with van der Waals surface area (Å²) < 4.78 is 10.8. The standard InChI is InChI=1S/C18H29BrO2/c1-20-16-13-17-9-11-18(12-10-17)21-15-8-6-4-2-3-5-7-14-19/h9-12H,2-8,13-16H2,1H3. The topological polar surface area (TPSA) is 18.5 Å². The van der Waals surface area contributed by atoms with E-state index >= 15 is 0 Å². The summed E-state index contributed by atoms with van der Waals surface area (Å²) in [6, 6.07) is 8.37. The van der Waals surface area contributed by atoms with Gasteiger partial charge in [-0.25, -0.2) is 0 Å². The van der Waals surface area contributed by atoms with E-state index in [0.29, 0.717) is 0 Å². The van der Waals surface area contributed by atoms with Crippen molar-refractivity contribution in [2.24, 2.45) is 0 Å². The molecule has 120 valence electrons. The van der Waals surface area contributed by atoms with E-state index in [1.807, 2.05) is 0 Å². The van der Waals surface area contributed by atoms with Gasteiger partial charge < -0.3 is 9.47 Å². The lowest BCUT2D eigenvalue weighted by Crippen LogP contribution is -1.98. The molecule has 0 saturated carbocycles. The summed E-state index contributed by atoms with van der Waals surface area (Å²) in [4.78, 5) is 0. The number of hydrogen-bond acceptors (Lipinski definition) is 2. The minimum Gasteiger partial charge on any atom is -0.494 e. The molecule has 0 unspecified atom stereocenters. The van der Waals surface area contributed by atoms with Gasteiger partial charge in [0.1, 0.15) is 5.75 Å². The lowest BCUT2D eigenvalue weighted by Gasteiger charge is -2.07. The molecule has 3 heteroatoms. The van der Waals surface area contributed by atoms with Crippen LogP contribution in [-0.2, 0) is 11.2 Å². The average Bonchev–Trinajstić information content (AvgIpc) is 2.52. The van der Waals surface area contributed by atoms with Crippen molar-refractivity contribution >= 4 is 15.9 Å². The number of rotatable bonds is 13. The highest BCUT2D eigenvalue weighted by atomic mass is 79.9. The quantitative estimate of drug-likeness (QED) is 0.349. The van der Waals surface area contributed by atoms with Crippen molar-refractivity contribution in [1.82, 2.24) is 0 Å². The largest absolute Gasteiger partial charge is 0.494 e. The van der Waals surface area contributed by atoms with E-state index in [0.717, 1.165) is 37.1 Å². The summed E-state index contributed by atoms with van der Waals surface area (Å²) in [5, 5.41) is 1.14. The van der Waals surface area contributed by atoms with Crippen LogP contribution in [0, 0.1) is 0 Å². The Morgan fingerprint density at radius 2 is 1.43 bits per heavy atom. The molecule has 0 atom stereocenters. The normalized spacial score (nSPS) is 10.8. The third kappa shape index (κ3) is 9.92. The summed E-state index contributed by atoms with van der Waals surface area (Å²) in [5.41, 5.74) is 1.30. The Hall–Kier alpha value is -0.540. The molecule has 2 nitrogen and oxygen atoms in total. The first-order valence-corrected chi connectivity index (χ1v) is 9.25. The maximum absolute atomic E-state index is 5.77. The fourth-order valence-electron chi connectivity index (χ4n) is 2.24. The van der Waals surface area contributed by atoms with E-state index in [9.17, 15) is 0 Å². The molecule has 0 fully saturated rings. The van der Waals surface area contributed by atoms with Gasteiger partial charge in [-0.15, -0.1) is 0 Å². The van der Waals surface area contributed by atoms with Crippen LogP contribution in [0.3, 0.4) is 0 Å².